The molecule has 3 fully saturated rings. The molecule has 31 heavy (non-hydrogen) atoms. The molecule has 0 aromatic carbocycles. The van der Waals surface area contributed by atoms with Crippen molar-refractivity contribution in [2.75, 3.05) is 0 Å². The number of aliphatic hydroxyl groups is 1. The van der Waals surface area contributed by atoms with Crippen LogP contribution in [0.5, 0.6) is 0 Å². The van der Waals surface area contributed by atoms with E-state index >= 15 is 0 Å². The molecule has 3 aliphatic rings. The summed E-state index contributed by atoms with van der Waals surface area (Å²) < 4.78 is 6.69. The van der Waals surface area contributed by atoms with E-state index in [4.69, 9.17) is 4.43 Å². The minimum atomic E-state index is -1.91. The van der Waals surface area contributed by atoms with Crippen molar-refractivity contribution in [3.8, 4) is 0 Å². The van der Waals surface area contributed by atoms with Crippen LogP contribution in [-0.4, -0.2) is 25.6 Å². The molecule has 0 heterocycles. The van der Waals surface area contributed by atoms with Crippen molar-refractivity contribution in [2.24, 2.45) is 11.3 Å². The van der Waals surface area contributed by atoms with E-state index in [1.54, 1.807) is 11.1 Å². The Morgan fingerprint density at radius 1 is 1.16 bits per heavy atom. The highest BCUT2D eigenvalue weighted by atomic mass is 28.4. The molecule has 0 radical (unpaired) electrons. The standard InChI is InChI=1S/C28H46O2Si/c1-19(2)23-14-15-24-22(11-10-16-28(23,24)7)13-12-21-17-25(29)20(3)26(18-21)30-31(8,9)27(4,5)6/h12-13,24-26,29H,3,10-11,14-18H2,1-2,4-9H3/b21-12-,22-13-/t24?,25-,26-,28-/m1/s1. The van der Waals surface area contributed by atoms with E-state index in [2.05, 4.69) is 73.4 Å². The van der Waals surface area contributed by atoms with Crippen LogP contribution in [0.25, 0.3) is 0 Å². The van der Waals surface area contributed by atoms with E-state index in [-0.39, 0.29) is 11.1 Å². The number of allylic oxidation sites excluding steroid dienone is 5. The molecule has 3 saturated carbocycles. The Labute approximate surface area is 192 Å². The molecule has 2 nitrogen and oxygen atoms in total. The second-order valence-corrected chi connectivity index (χ2v) is 17.0. The van der Waals surface area contributed by atoms with E-state index in [1.165, 1.54) is 43.3 Å². The molecule has 1 N–H and O–H groups in total. The highest BCUT2D eigenvalue weighted by Crippen LogP contribution is 2.58. The first-order valence-corrected chi connectivity index (χ1v) is 15.3. The molecule has 0 bridgehead atoms. The van der Waals surface area contributed by atoms with Crippen LogP contribution in [0.2, 0.25) is 18.1 Å². The van der Waals surface area contributed by atoms with Gasteiger partial charge < -0.3 is 9.53 Å². The minimum Gasteiger partial charge on any atom is -0.410 e. The quantitative estimate of drug-likeness (QED) is 0.356. The Kier molecular flexibility index (Phi) is 7.02. The van der Waals surface area contributed by atoms with Crippen LogP contribution in [0, 0.1) is 11.3 Å². The fraction of sp³-hybridized carbons (Fsp3) is 0.714. The van der Waals surface area contributed by atoms with Crippen molar-refractivity contribution in [2.45, 2.75) is 117 Å². The van der Waals surface area contributed by atoms with E-state index in [0.717, 1.165) is 12.0 Å². The van der Waals surface area contributed by atoms with E-state index in [9.17, 15) is 5.11 Å². The van der Waals surface area contributed by atoms with Crippen LogP contribution in [0.3, 0.4) is 0 Å². The van der Waals surface area contributed by atoms with Crippen LogP contribution in [0.1, 0.15) is 86.5 Å². The number of rotatable bonds is 3. The van der Waals surface area contributed by atoms with Crippen molar-refractivity contribution in [1.82, 2.24) is 0 Å². The van der Waals surface area contributed by atoms with Gasteiger partial charge in [-0.15, -0.1) is 0 Å². The maximum Gasteiger partial charge on any atom is 0.192 e. The number of fused-ring (bicyclic) bond motifs is 1. The first kappa shape index (κ1) is 24.7. The van der Waals surface area contributed by atoms with Crippen LogP contribution in [0.15, 0.2) is 46.6 Å². The van der Waals surface area contributed by atoms with Crippen LogP contribution >= 0.6 is 0 Å². The predicted octanol–water partition coefficient (Wildman–Crippen LogP) is 7.88. The number of hydrogen-bond acceptors (Lipinski definition) is 2. The zero-order valence-corrected chi connectivity index (χ0v) is 22.4. The zero-order chi connectivity index (χ0) is 23.2. The maximum absolute atomic E-state index is 10.7. The van der Waals surface area contributed by atoms with Crippen molar-refractivity contribution < 1.29 is 9.53 Å². The topological polar surface area (TPSA) is 29.5 Å². The van der Waals surface area contributed by atoms with Gasteiger partial charge in [-0.05, 0) is 93.8 Å². The molecule has 0 amide bonds. The van der Waals surface area contributed by atoms with Gasteiger partial charge in [-0.1, -0.05) is 68.7 Å². The lowest BCUT2D eigenvalue weighted by molar-refractivity contribution is 0.128. The third kappa shape index (κ3) is 4.89. The van der Waals surface area contributed by atoms with Crippen molar-refractivity contribution in [3.05, 3.63) is 46.6 Å². The Morgan fingerprint density at radius 2 is 1.84 bits per heavy atom. The summed E-state index contributed by atoms with van der Waals surface area (Å²) in [7, 11) is -1.91. The first-order valence-electron chi connectivity index (χ1n) is 12.4. The summed E-state index contributed by atoms with van der Waals surface area (Å²) in [5.41, 5.74) is 7.40. The molecule has 174 valence electrons. The van der Waals surface area contributed by atoms with Gasteiger partial charge in [0.25, 0.3) is 0 Å². The van der Waals surface area contributed by atoms with Gasteiger partial charge >= 0.3 is 0 Å². The summed E-state index contributed by atoms with van der Waals surface area (Å²) >= 11 is 0. The van der Waals surface area contributed by atoms with E-state index in [0.29, 0.717) is 17.8 Å². The zero-order valence-electron chi connectivity index (χ0n) is 21.4. The lowest BCUT2D eigenvalue weighted by atomic mass is 9.65. The second kappa shape index (κ2) is 8.80. The van der Waals surface area contributed by atoms with Gasteiger partial charge in [-0.2, -0.15) is 0 Å². The summed E-state index contributed by atoms with van der Waals surface area (Å²) in [5, 5.41) is 10.9. The van der Waals surface area contributed by atoms with Crippen molar-refractivity contribution in [1.29, 1.82) is 0 Å². The first-order chi connectivity index (χ1) is 14.3. The molecule has 4 atom stereocenters. The second-order valence-electron chi connectivity index (χ2n) is 12.3. The van der Waals surface area contributed by atoms with Gasteiger partial charge in [-0.3, -0.25) is 0 Å². The predicted molar refractivity (Wildman–Crippen MR) is 136 cm³/mol. The summed E-state index contributed by atoms with van der Waals surface area (Å²) in [6, 6.07) is 0. The largest absolute Gasteiger partial charge is 0.410 e. The third-order valence-corrected chi connectivity index (χ3v) is 13.4. The minimum absolute atomic E-state index is 0.0605. The average molecular weight is 443 g/mol. The Morgan fingerprint density at radius 3 is 2.45 bits per heavy atom. The number of hydrogen-bond donors (Lipinski definition) is 1. The van der Waals surface area contributed by atoms with Crippen LogP contribution in [-0.2, 0) is 4.43 Å². The van der Waals surface area contributed by atoms with Gasteiger partial charge in [0.05, 0.1) is 12.2 Å². The molecule has 0 aromatic rings. The van der Waals surface area contributed by atoms with Crippen molar-refractivity contribution in [3.63, 3.8) is 0 Å². The van der Waals surface area contributed by atoms with E-state index < -0.39 is 14.4 Å². The van der Waals surface area contributed by atoms with Crippen LogP contribution in [0.4, 0.5) is 0 Å². The Bertz CT molecular complexity index is 803. The fourth-order valence-corrected chi connectivity index (χ4v) is 7.23. The molecule has 0 saturated heterocycles. The molecule has 3 heteroatoms. The molecular weight excluding hydrogens is 396 g/mol. The maximum atomic E-state index is 10.7. The molecule has 0 aromatic heterocycles. The third-order valence-electron chi connectivity index (χ3n) is 8.88. The summed E-state index contributed by atoms with van der Waals surface area (Å²) in [6.07, 6.45) is 12.1. The molecule has 3 rings (SSSR count). The van der Waals surface area contributed by atoms with Gasteiger partial charge in [0.15, 0.2) is 8.32 Å². The van der Waals surface area contributed by atoms with Gasteiger partial charge in [0.2, 0.25) is 0 Å². The fourth-order valence-electron chi connectivity index (χ4n) is 5.93. The number of aliphatic hydroxyl groups excluding tert-OH is 1. The molecular formula is C28H46O2Si. The van der Waals surface area contributed by atoms with Crippen LogP contribution < -0.4 is 0 Å². The van der Waals surface area contributed by atoms with E-state index in [1.807, 2.05) is 0 Å². The average Bonchev–Trinajstić information content (AvgIpc) is 3.00. The van der Waals surface area contributed by atoms with Gasteiger partial charge in [-0.25, -0.2) is 0 Å². The molecule has 1 unspecified atom stereocenters. The van der Waals surface area contributed by atoms with Gasteiger partial charge in [0.1, 0.15) is 0 Å². The normalized spacial score (nSPS) is 35.1. The van der Waals surface area contributed by atoms with Gasteiger partial charge in [0, 0.05) is 0 Å². The summed E-state index contributed by atoms with van der Waals surface area (Å²) in [4.78, 5) is 0. The smallest absolute Gasteiger partial charge is 0.192 e. The monoisotopic (exact) mass is 442 g/mol. The summed E-state index contributed by atoms with van der Waals surface area (Å²) in [6.45, 7) is 22.7. The summed E-state index contributed by atoms with van der Waals surface area (Å²) in [5.74, 6) is 0.686. The lowest BCUT2D eigenvalue weighted by Gasteiger charge is -2.42. The highest BCUT2D eigenvalue weighted by molar-refractivity contribution is 6.74. The lowest BCUT2D eigenvalue weighted by Crippen LogP contribution is -2.46. The Hall–Kier alpha value is -0.903. The van der Waals surface area contributed by atoms with Crippen molar-refractivity contribution >= 4 is 8.32 Å². The molecule has 0 spiro atoms. The Balaban J connectivity index is 1.81. The molecule has 3 aliphatic carbocycles. The molecule has 0 aliphatic heterocycles. The SMILES string of the molecule is C=C1[C@H](O)C/C(=C/C=C2/CCC[C@]3(C)C(=C(C)C)CCC23)C[C@H]1O[Si](C)(C)C(C)(C)C. The highest BCUT2D eigenvalue weighted by Gasteiger charge is 2.46.